The van der Waals surface area contributed by atoms with Gasteiger partial charge in [0.25, 0.3) is 0 Å². The SMILES string of the molecule is CCOC(=O)CCCn1cnc([N+](=O)[O-])c1. The Bertz CT molecular complexity index is 375. The number of imidazole rings is 1. The Morgan fingerprint density at radius 3 is 3.00 bits per heavy atom. The number of nitrogens with zero attached hydrogens (tertiary/aromatic N) is 3. The Morgan fingerprint density at radius 2 is 2.44 bits per heavy atom. The molecular formula is C9H13N3O4. The minimum atomic E-state index is -0.554. The van der Waals surface area contributed by atoms with Gasteiger partial charge >= 0.3 is 11.8 Å². The van der Waals surface area contributed by atoms with Crippen LogP contribution in [0.4, 0.5) is 5.82 Å². The second kappa shape index (κ2) is 5.84. The first-order valence-electron chi connectivity index (χ1n) is 4.95. The lowest BCUT2D eigenvalue weighted by Gasteiger charge is -2.01. The van der Waals surface area contributed by atoms with Crippen LogP contribution in [-0.2, 0) is 16.1 Å². The molecule has 0 atom stereocenters. The zero-order chi connectivity index (χ0) is 12.0. The first-order chi connectivity index (χ1) is 7.63. The highest BCUT2D eigenvalue weighted by Gasteiger charge is 2.09. The van der Waals surface area contributed by atoms with E-state index in [9.17, 15) is 14.9 Å². The van der Waals surface area contributed by atoms with Gasteiger partial charge in [0.05, 0.1) is 6.61 Å². The first kappa shape index (κ1) is 12.2. The summed E-state index contributed by atoms with van der Waals surface area (Å²) in [5.41, 5.74) is 0. The molecule has 7 heteroatoms. The molecule has 0 saturated carbocycles. The predicted octanol–water partition coefficient (Wildman–Crippen LogP) is 1.13. The first-order valence-corrected chi connectivity index (χ1v) is 4.95. The van der Waals surface area contributed by atoms with Crippen molar-refractivity contribution < 1.29 is 14.5 Å². The molecule has 0 aliphatic rings. The van der Waals surface area contributed by atoms with Gasteiger partial charge in [-0.2, -0.15) is 0 Å². The maximum absolute atomic E-state index is 11.0. The normalized spacial score (nSPS) is 10.1. The molecule has 88 valence electrons. The van der Waals surface area contributed by atoms with E-state index in [-0.39, 0.29) is 11.8 Å². The maximum Gasteiger partial charge on any atom is 0.381 e. The molecule has 0 aromatic carbocycles. The summed E-state index contributed by atoms with van der Waals surface area (Å²) in [5.74, 6) is -0.437. The molecule has 0 aliphatic heterocycles. The molecule has 1 heterocycles. The lowest BCUT2D eigenvalue weighted by Crippen LogP contribution is -2.05. The van der Waals surface area contributed by atoms with Crippen LogP contribution in [0.15, 0.2) is 12.5 Å². The van der Waals surface area contributed by atoms with Crippen molar-refractivity contribution in [3.05, 3.63) is 22.6 Å². The quantitative estimate of drug-likeness (QED) is 0.413. The maximum atomic E-state index is 11.0. The number of carbonyl (C=O) groups is 1. The number of hydrogen-bond acceptors (Lipinski definition) is 5. The summed E-state index contributed by atoms with van der Waals surface area (Å²) in [4.78, 5) is 24.4. The van der Waals surface area contributed by atoms with E-state index in [1.54, 1.807) is 11.5 Å². The van der Waals surface area contributed by atoms with Gasteiger partial charge in [-0.3, -0.25) is 4.79 Å². The smallest absolute Gasteiger partial charge is 0.381 e. The second-order valence-electron chi connectivity index (χ2n) is 3.14. The summed E-state index contributed by atoms with van der Waals surface area (Å²) >= 11 is 0. The fraction of sp³-hybridized carbons (Fsp3) is 0.556. The van der Waals surface area contributed by atoms with E-state index in [0.29, 0.717) is 26.0 Å². The van der Waals surface area contributed by atoms with Crippen molar-refractivity contribution in [2.24, 2.45) is 0 Å². The number of nitro groups is 1. The highest BCUT2D eigenvalue weighted by Crippen LogP contribution is 2.06. The molecule has 0 N–H and O–H groups in total. The number of ether oxygens (including phenoxy) is 1. The topological polar surface area (TPSA) is 87.3 Å². The summed E-state index contributed by atoms with van der Waals surface area (Å²) in [7, 11) is 0. The molecule has 0 fully saturated rings. The van der Waals surface area contributed by atoms with Crippen molar-refractivity contribution in [3.63, 3.8) is 0 Å². The summed E-state index contributed by atoms with van der Waals surface area (Å²) in [6, 6.07) is 0. The van der Waals surface area contributed by atoms with Crippen LogP contribution in [0.25, 0.3) is 0 Å². The van der Waals surface area contributed by atoms with Crippen molar-refractivity contribution in [3.8, 4) is 0 Å². The van der Waals surface area contributed by atoms with Gasteiger partial charge in [-0.25, -0.2) is 0 Å². The van der Waals surface area contributed by atoms with E-state index in [2.05, 4.69) is 4.98 Å². The highest BCUT2D eigenvalue weighted by molar-refractivity contribution is 5.69. The molecule has 1 rings (SSSR count). The van der Waals surface area contributed by atoms with Gasteiger partial charge in [-0.15, -0.1) is 0 Å². The van der Waals surface area contributed by atoms with Crippen LogP contribution in [0.5, 0.6) is 0 Å². The van der Waals surface area contributed by atoms with Crippen molar-refractivity contribution in [2.75, 3.05) is 6.61 Å². The molecular weight excluding hydrogens is 214 g/mol. The van der Waals surface area contributed by atoms with E-state index in [0.717, 1.165) is 0 Å². The van der Waals surface area contributed by atoms with E-state index >= 15 is 0 Å². The minimum Gasteiger partial charge on any atom is -0.466 e. The van der Waals surface area contributed by atoms with Crippen LogP contribution in [0, 0.1) is 10.1 Å². The van der Waals surface area contributed by atoms with Gasteiger partial charge in [0.15, 0.2) is 0 Å². The van der Waals surface area contributed by atoms with Crippen LogP contribution < -0.4 is 0 Å². The van der Waals surface area contributed by atoms with Crippen LogP contribution in [-0.4, -0.2) is 27.1 Å². The Balaban J connectivity index is 2.32. The standard InChI is InChI=1S/C9H13N3O4/c1-2-16-9(13)4-3-5-11-6-8(10-7-11)12(14)15/h6-7H,2-5H2,1H3. The van der Waals surface area contributed by atoms with Crippen molar-refractivity contribution in [1.82, 2.24) is 9.55 Å². The fourth-order valence-corrected chi connectivity index (χ4v) is 1.20. The van der Waals surface area contributed by atoms with Crippen LogP contribution in [0.2, 0.25) is 0 Å². The number of aryl methyl sites for hydroxylation is 1. The van der Waals surface area contributed by atoms with Crippen LogP contribution >= 0.6 is 0 Å². The van der Waals surface area contributed by atoms with Gasteiger partial charge in [-0.05, 0) is 23.3 Å². The zero-order valence-corrected chi connectivity index (χ0v) is 8.96. The van der Waals surface area contributed by atoms with Gasteiger partial charge in [0.1, 0.15) is 6.20 Å². The largest absolute Gasteiger partial charge is 0.466 e. The fourth-order valence-electron chi connectivity index (χ4n) is 1.20. The third kappa shape index (κ3) is 3.68. The summed E-state index contributed by atoms with van der Waals surface area (Å²) < 4.78 is 6.33. The average Bonchev–Trinajstić information content (AvgIpc) is 2.67. The van der Waals surface area contributed by atoms with E-state index < -0.39 is 4.92 Å². The number of rotatable bonds is 6. The lowest BCUT2D eigenvalue weighted by molar-refractivity contribution is -0.389. The molecule has 0 amide bonds. The third-order valence-corrected chi connectivity index (χ3v) is 1.91. The summed E-state index contributed by atoms with van der Waals surface area (Å²) in [6.45, 7) is 2.63. The molecule has 0 radical (unpaired) electrons. The highest BCUT2D eigenvalue weighted by atomic mass is 16.6. The molecule has 0 unspecified atom stereocenters. The van der Waals surface area contributed by atoms with Crippen LogP contribution in [0.1, 0.15) is 19.8 Å². The van der Waals surface area contributed by atoms with Gasteiger partial charge < -0.3 is 19.4 Å². The second-order valence-corrected chi connectivity index (χ2v) is 3.14. The Labute approximate surface area is 92.2 Å². The Morgan fingerprint density at radius 1 is 1.69 bits per heavy atom. The van der Waals surface area contributed by atoms with E-state index in [4.69, 9.17) is 4.74 Å². The number of carbonyl (C=O) groups excluding carboxylic acids is 1. The lowest BCUT2D eigenvalue weighted by atomic mass is 10.3. The number of aromatic nitrogens is 2. The average molecular weight is 227 g/mol. The molecule has 16 heavy (non-hydrogen) atoms. The van der Waals surface area contributed by atoms with Crippen LogP contribution in [0.3, 0.4) is 0 Å². The van der Waals surface area contributed by atoms with E-state index in [1.807, 2.05) is 0 Å². The Hall–Kier alpha value is -1.92. The van der Waals surface area contributed by atoms with Gasteiger partial charge in [0.2, 0.25) is 6.33 Å². The molecule has 1 aromatic heterocycles. The zero-order valence-electron chi connectivity index (χ0n) is 8.96. The minimum absolute atomic E-state index is 0.184. The number of esters is 1. The van der Waals surface area contributed by atoms with Crippen molar-refractivity contribution >= 4 is 11.8 Å². The number of hydrogen-bond donors (Lipinski definition) is 0. The van der Waals surface area contributed by atoms with Gasteiger partial charge in [-0.1, -0.05) is 0 Å². The molecule has 7 nitrogen and oxygen atoms in total. The van der Waals surface area contributed by atoms with E-state index in [1.165, 1.54) is 12.5 Å². The van der Waals surface area contributed by atoms with Crippen molar-refractivity contribution in [1.29, 1.82) is 0 Å². The molecule has 1 aromatic rings. The predicted molar refractivity (Wildman–Crippen MR) is 54.7 cm³/mol. The molecule has 0 aliphatic carbocycles. The monoisotopic (exact) mass is 227 g/mol. The third-order valence-electron chi connectivity index (χ3n) is 1.91. The Kier molecular flexibility index (Phi) is 4.43. The molecule has 0 spiro atoms. The molecule has 0 saturated heterocycles. The van der Waals surface area contributed by atoms with Gasteiger partial charge in [0, 0.05) is 13.0 Å². The molecule has 0 bridgehead atoms. The summed E-state index contributed by atoms with van der Waals surface area (Å²) in [5, 5.41) is 10.3. The summed E-state index contributed by atoms with van der Waals surface area (Å²) in [6.07, 6.45) is 3.60. The van der Waals surface area contributed by atoms with Crippen molar-refractivity contribution in [2.45, 2.75) is 26.3 Å².